The maximum atomic E-state index is 4.54. The summed E-state index contributed by atoms with van der Waals surface area (Å²) < 4.78 is 0. The van der Waals surface area contributed by atoms with Gasteiger partial charge in [-0.2, -0.15) is 0 Å². The predicted octanol–water partition coefficient (Wildman–Crippen LogP) is 2.45. The van der Waals surface area contributed by atoms with Gasteiger partial charge < -0.3 is 5.32 Å². The lowest BCUT2D eigenvalue weighted by molar-refractivity contribution is 0.410. The summed E-state index contributed by atoms with van der Waals surface area (Å²) in [6.07, 6.45) is 1.07. The van der Waals surface area contributed by atoms with Gasteiger partial charge >= 0.3 is 0 Å². The quantitative estimate of drug-likeness (QED) is 0.807. The molecule has 13 heavy (non-hydrogen) atoms. The topological polar surface area (TPSA) is 24.9 Å². The summed E-state index contributed by atoms with van der Waals surface area (Å²) in [5.41, 5.74) is 1.50. The van der Waals surface area contributed by atoms with Crippen molar-refractivity contribution in [2.45, 2.75) is 33.7 Å². The van der Waals surface area contributed by atoms with E-state index in [4.69, 9.17) is 0 Å². The molecule has 0 saturated heterocycles. The van der Waals surface area contributed by atoms with E-state index in [1.54, 1.807) is 11.3 Å². The lowest BCUT2D eigenvalue weighted by Crippen LogP contribution is -2.09. The Morgan fingerprint density at radius 2 is 2.15 bits per heavy atom. The van der Waals surface area contributed by atoms with Gasteiger partial charge in [-0.3, -0.25) is 0 Å². The van der Waals surface area contributed by atoms with Crippen molar-refractivity contribution in [3.8, 4) is 0 Å². The van der Waals surface area contributed by atoms with Gasteiger partial charge in [0, 0.05) is 18.3 Å². The van der Waals surface area contributed by atoms with Gasteiger partial charge in [-0.25, -0.2) is 4.98 Å². The van der Waals surface area contributed by atoms with Gasteiger partial charge in [-0.05, 0) is 12.5 Å². The van der Waals surface area contributed by atoms with Crippen LogP contribution in [0.3, 0.4) is 0 Å². The van der Waals surface area contributed by atoms with Crippen molar-refractivity contribution < 1.29 is 0 Å². The highest BCUT2D eigenvalue weighted by Gasteiger charge is 2.13. The molecule has 0 aliphatic heterocycles. The van der Waals surface area contributed by atoms with Gasteiger partial charge in [0.25, 0.3) is 0 Å². The minimum absolute atomic E-state index is 0.342. The van der Waals surface area contributed by atoms with E-state index in [0.717, 1.165) is 18.7 Å². The van der Waals surface area contributed by atoms with Crippen molar-refractivity contribution in [3.05, 3.63) is 16.1 Å². The number of rotatable bonds is 3. The maximum Gasteiger partial charge on any atom is 0.0934 e. The van der Waals surface area contributed by atoms with Crippen molar-refractivity contribution in [2.24, 2.45) is 5.41 Å². The van der Waals surface area contributed by atoms with Crippen LogP contribution >= 0.6 is 11.3 Å². The minimum Gasteiger partial charge on any atom is -0.314 e. The molecule has 1 aromatic heterocycles. The fourth-order valence-electron chi connectivity index (χ4n) is 1.15. The molecule has 0 atom stereocenters. The molecule has 0 radical (unpaired) electrons. The fraction of sp³-hybridized carbons (Fsp3) is 0.700. The molecule has 0 aliphatic carbocycles. The van der Waals surface area contributed by atoms with E-state index in [9.17, 15) is 0 Å². The van der Waals surface area contributed by atoms with Crippen LogP contribution in [0.5, 0.6) is 0 Å². The van der Waals surface area contributed by atoms with Crippen molar-refractivity contribution in [3.63, 3.8) is 0 Å². The van der Waals surface area contributed by atoms with Crippen molar-refractivity contribution in [1.29, 1.82) is 0 Å². The summed E-state index contributed by atoms with van der Waals surface area (Å²) in [4.78, 5) is 4.54. The van der Waals surface area contributed by atoms with Gasteiger partial charge in [0.2, 0.25) is 0 Å². The van der Waals surface area contributed by atoms with Gasteiger partial charge in [-0.15, -0.1) is 11.3 Å². The molecule has 0 bridgehead atoms. The summed E-state index contributed by atoms with van der Waals surface area (Å²) in [5.74, 6) is 0. The third-order valence-electron chi connectivity index (χ3n) is 1.64. The number of hydrogen-bond acceptors (Lipinski definition) is 3. The molecule has 74 valence electrons. The molecule has 0 aliphatic rings. The summed E-state index contributed by atoms with van der Waals surface area (Å²) in [7, 11) is 1.95. The van der Waals surface area contributed by atoms with Gasteiger partial charge in [0.05, 0.1) is 10.7 Å². The Hall–Kier alpha value is -0.410. The zero-order chi connectivity index (χ0) is 9.90. The SMILES string of the molecule is CNCc1csc(CC(C)(C)C)n1. The van der Waals surface area contributed by atoms with E-state index in [2.05, 4.69) is 36.5 Å². The molecule has 3 heteroatoms. The largest absolute Gasteiger partial charge is 0.314 e. The second-order valence-corrected chi connectivity index (χ2v) is 5.44. The molecule has 0 unspecified atom stereocenters. The first-order valence-electron chi connectivity index (χ1n) is 4.59. The Balaban J connectivity index is 2.59. The first-order valence-corrected chi connectivity index (χ1v) is 5.47. The maximum absolute atomic E-state index is 4.54. The summed E-state index contributed by atoms with van der Waals surface area (Å²) in [6, 6.07) is 0. The van der Waals surface area contributed by atoms with E-state index >= 15 is 0 Å². The molecular weight excluding hydrogens is 180 g/mol. The first kappa shape index (κ1) is 10.7. The van der Waals surface area contributed by atoms with E-state index < -0.39 is 0 Å². The molecule has 2 nitrogen and oxygen atoms in total. The molecule has 0 spiro atoms. The molecule has 0 aromatic carbocycles. The van der Waals surface area contributed by atoms with Crippen LogP contribution in [0, 0.1) is 5.41 Å². The van der Waals surface area contributed by atoms with Crippen molar-refractivity contribution in [1.82, 2.24) is 10.3 Å². The van der Waals surface area contributed by atoms with Crippen LogP contribution in [-0.2, 0) is 13.0 Å². The van der Waals surface area contributed by atoms with Gasteiger partial charge in [-0.1, -0.05) is 20.8 Å². The second kappa shape index (κ2) is 4.20. The fourth-order valence-corrected chi connectivity index (χ4v) is 2.24. The van der Waals surface area contributed by atoms with Crippen LogP contribution in [0.1, 0.15) is 31.5 Å². The second-order valence-electron chi connectivity index (χ2n) is 4.50. The highest BCUT2D eigenvalue weighted by Crippen LogP contribution is 2.22. The molecule has 0 fully saturated rings. The molecular formula is C10H18N2S. The Bertz CT molecular complexity index is 260. The number of hydrogen-bond donors (Lipinski definition) is 1. The van der Waals surface area contributed by atoms with E-state index in [-0.39, 0.29) is 0 Å². The molecule has 0 saturated carbocycles. The van der Waals surface area contributed by atoms with Crippen LogP contribution in [0.4, 0.5) is 0 Å². The van der Waals surface area contributed by atoms with Crippen LogP contribution in [-0.4, -0.2) is 12.0 Å². The summed E-state index contributed by atoms with van der Waals surface area (Å²) >= 11 is 1.77. The molecule has 1 heterocycles. The highest BCUT2D eigenvalue weighted by atomic mass is 32.1. The molecule has 1 N–H and O–H groups in total. The Morgan fingerprint density at radius 1 is 1.46 bits per heavy atom. The van der Waals surface area contributed by atoms with Gasteiger partial charge in [0.15, 0.2) is 0 Å². The highest BCUT2D eigenvalue weighted by molar-refractivity contribution is 7.09. The number of nitrogens with one attached hydrogen (secondary N) is 1. The van der Waals surface area contributed by atoms with Crippen LogP contribution in [0.15, 0.2) is 5.38 Å². The molecule has 1 aromatic rings. The van der Waals surface area contributed by atoms with Crippen LogP contribution in [0.25, 0.3) is 0 Å². The van der Waals surface area contributed by atoms with E-state index in [1.165, 1.54) is 5.01 Å². The monoisotopic (exact) mass is 198 g/mol. The number of aromatic nitrogens is 1. The van der Waals surface area contributed by atoms with Gasteiger partial charge in [0.1, 0.15) is 0 Å². The summed E-state index contributed by atoms with van der Waals surface area (Å²) in [5, 5.41) is 6.49. The Kier molecular flexibility index (Phi) is 3.45. The average molecular weight is 198 g/mol. The summed E-state index contributed by atoms with van der Waals surface area (Å²) in [6.45, 7) is 7.60. The standard InChI is InChI=1S/C10H18N2S/c1-10(2,3)5-9-12-8(6-11-4)7-13-9/h7,11H,5-6H2,1-4H3. The minimum atomic E-state index is 0.342. The number of nitrogens with zero attached hydrogens (tertiary/aromatic N) is 1. The van der Waals surface area contributed by atoms with Crippen LogP contribution in [0.2, 0.25) is 0 Å². The van der Waals surface area contributed by atoms with Crippen molar-refractivity contribution >= 4 is 11.3 Å². The first-order chi connectivity index (χ1) is 6.01. The third kappa shape index (κ3) is 3.87. The Labute approximate surface area is 84.4 Å². The zero-order valence-electron chi connectivity index (χ0n) is 8.85. The molecule has 0 amide bonds. The average Bonchev–Trinajstić information content (AvgIpc) is 2.33. The van der Waals surface area contributed by atoms with Crippen molar-refractivity contribution in [2.75, 3.05) is 7.05 Å². The molecule has 1 rings (SSSR count). The lowest BCUT2D eigenvalue weighted by Gasteiger charge is -2.15. The zero-order valence-corrected chi connectivity index (χ0v) is 9.66. The van der Waals surface area contributed by atoms with E-state index in [0.29, 0.717) is 5.41 Å². The Morgan fingerprint density at radius 3 is 2.69 bits per heavy atom. The normalized spacial score (nSPS) is 12.0. The predicted molar refractivity (Wildman–Crippen MR) is 58.0 cm³/mol. The van der Waals surface area contributed by atoms with Crippen LogP contribution < -0.4 is 5.32 Å². The lowest BCUT2D eigenvalue weighted by atomic mass is 9.93. The number of thiazole rings is 1. The smallest absolute Gasteiger partial charge is 0.0934 e. The van der Waals surface area contributed by atoms with E-state index in [1.807, 2.05) is 7.05 Å². The third-order valence-corrected chi connectivity index (χ3v) is 2.54.